The fourth-order valence-corrected chi connectivity index (χ4v) is 5.43. The van der Waals surface area contributed by atoms with Crippen molar-refractivity contribution in [2.45, 2.75) is 48.4 Å². The number of fused-ring (bicyclic) bond motifs is 2. The van der Waals surface area contributed by atoms with Crippen LogP contribution >= 0.6 is 23.7 Å². The van der Waals surface area contributed by atoms with E-state index in [1.54, 1.807) is 5.38 Å². The zero-order valence-electron chi connectivity index (χ0n) is 12.6. The Bertz CT molecular complexity index is 663. The van der Waals surface area contributed by atoms with E-state index in [1.165, 1.54) is 12.5 Å². The first-order valence-corrected chi connectivity index (χ1v) is 9.95. The molecule has 1 amide bonds. The molecule has 5 N–H and O–H groups in total. The summed E-state index contributed by atoms with van der Waals surface area (Å²) < 4.78 is 22.6. The first-order chi connectivity index (χ1) is 10.3. The van der Waals surface area contributed by atoms with Gasteiger partial charge in [0.1, 0.15) is 4.21 Å². The number of hydrogen-bond acceptors (Lipinski definition) is 5. The average Bonchev–Trinajstić information content (AvgIpc) is 2.89. The highest BCUT2D eigenvalue weighted by Gasteiger charge is 2.40. The van der Waals surface area contributed by atoms with E-state index in [1.807, 2.05) is 0 Å². The van der Waals surface area contributed by atoms with Crippen molar-refractivity contribution in [2.75, 3.05) is 0 Å². The van der Waals surface area contributed by atoms with Gasteiger partial charge in [0.05, 0.1) is 5.56 Å². The SMILES string of the molecule is Cl.NC1CC2CCCC(C1)C2NC(=O)c1csc(S(N)(=O)=O)c1. The third-order valence-electron chi connectivity index (χ3n) is 4.79. The first-order valence-electron chi connectivity index (χ1n) is 7.52. The summed E-state index contributed by atoms with van der Waals surface area (Å²) in [6.07, 6.45) is 5.30. The van der Waals surface area contributed by atoms with Crippen LogP contribution < -0.4 is 16.2 Å². The van der Waals surface area contributed by atoms with Crippen LogP contribution in [0.25, 0.3) is 0 Å². The molecule has 2 unspecified atom stereocenters. The van der Waals surface area contributed by atoms with Gasteiger partial charge in [0.2, 0.25) is 10.0 Å². The molecule has 1 aromatic rings. The number of carbonyl (C=O) groups is 1. The lowest BCUT2D eigenvalue weighted by atomic mass is 9.67. The number of carbonyl (C=O) groups excluding carboxylic acids is 1. The molecule has 0 radical (unpaired) electrons. The van der Waals surface area contributed by atoms with E-state index < -0.39 is 10.0 Å². The summed E-state index contributed by atoms with van der Waals surface area (Å²) in [6, 6.07) is 1.73. The minimum atomic E-state index is -3.75. The van der Waals surface area contributed by atoms with E-state index in [2.05, 4.69) is 5.32 Å². The van der Waals surface area contributed by atoms with E-state index in [4.69, 9.17) is 10.9 Å². The second-order valence-electron chi connectivity index (χ2n) is 6.38. The highest BCUT2D eigenvalue weighted by molar-refractivity contribution is 7.91. The van der Waals surface area contributed by atoms with Crippen LogP contribution in [0.2, 0.25) is 0 Å². The molecule has 1 heterocycles. The molecule has 2 fully saturated rings. The molecule has 9 heteroatoms. The molecule has 1 aromatic heterocycles. The fourth-order valence-electron chi connectivity index (χ4n) is 3.84. The van der Waals surface area contributed by atoms with Gasteiger partial charge in [-0.3, -0.25) is 4.79 Å². The van der Waals surface area contributed by atoms with Crippen molar-refractivity contribution in [2.24, 2.45) is 22.7 Å². The number of nitrogens with two attached hydrogens (primary N) is 2. The minimum Gasteiger partial charge on any atom is -0.349 e. The molecule has 2 bridgehead atoms. The molecule has 23 heavy (non-hydrogen) atoms. The van der Waals surface area contributed by atoms with Gasteiger partial charge in [-0.2, -0.15) is 0 Å². The summed E-state index contributed by atoms with van der Waals surface area (Å²) in [5.74, 6) is 0.647. The van der Waals surface area contributed by atoms with Gasteiger partial charge >= 0.3 is 0 Å². The molecule has 2 saturated carbocycles. The summed E-state index contributed by atoms with van der Waals surface area (Å²) in [5.41, 5.74) is 6.45. The van der Waals surface area contributed by atoms with Crippen molar-refractivity contribution in [3.63, 3.8) is 0 Å². The van der Waals surface area contributed by atoms with Gasteiger partial charge in [-0.1, -0.05) is 6.42 Å². The minimum absolute atomic E-state index is 0. The van der Waals surface area contributed by atoms with Gasteiger partial charge in [-0.25, -0.2) is 13.6 Å². The topological polar surface area (TPSA) is 115 Å². The van der Waals surface area contributed by atoms with Crippen molar-refractivity contribution in [1.29, 1.82) is 0 Å². The third-order valence-corrected chi connectivity index (χ3v) is 7.18. The molecule has 2 atom stereocenters. The molecular formula is C14H22ClN3O3S2. The Morgan fingerprint density at radius 2 is 1.87 bits per heavy atom. The second kappa shape index (κ2) is 7.06. The summed E-state index contributed by atoms with van der Waals surface area (Å²) in [7, 11) is -3.75. The number of halogens is 1. The Hall–Kier alpha value is -0.670. The normalized spacial score (nSPS) is 30.3. The van der Waals surface area contributed by atoms with E-state index in [9.17, 15) is 13.2 Å². The Kier molecular flexibility index (Phi) is 5.73. The number of nitrogens with one attached hydrogen (secondary N) is 1. The molecule has 0 saturated heterocycles. The van der Waals surface area contributed by atoms with Crippen LogP contribution in [-0.2, 0) is 10.0 Å². The largest absolute Gasteiger partial charge is 0.349 e. The Balaban J connectivity index is 0.00000192. The van der Waals surface area contributed by atoms with Crippen LogP contribution in [0.15, 0.2) is 15.7 Å². The van der Waals surface area contributed by atoms with Gasteiger partial charge in [-0.15, -0.1) is 23.7 Å². The first kappa shape index (κ1) is 18.7. The van der Waals surface area contributed by atoms with Crippen LogP contribution in [0, 0.1) is 11.8 Å². The zero-order chi connectivity index (χ0) is 15.9. The molecule has 0 aliphatic heterocycles. The van der Waals surface area contributed by atoms with Crippen molar-refractivity contribution in [1.82, 2.24) is 5.32 Å². The van der Waals surface area contributed by atoms with Crippen LogP contribution in [0.3, 0.4) is 0 Å². The van der Waals surface area contributed by atoms with E-state index in [0.29, 0.717) is 17.4 Å². The lowest BCUT2D eigenvalue weighted by Gasteiger charge is -2.45. The lowest BCUT2D eigenvalue weighted by Crippen LogP contribution is -2.53. The van der Waals surface area contributed by atoms with Crippen molar-refractivity contribution < 1.29 is 13.2 Å². The zero-order valence-corrected chi connectivity index (χ0v) is 15.1. The van der Waals surface area contributed by atoms with E-state index >= 15 is 0 Å². The van der Waals surface area contributed by atoms with Crippen LogP contribution in [0.4, 0.5) is 0 Å². The average molecular weight is 380 g/mol. The van der Waals surface area contributed by atoms with Crippen molar-refractivity contribution in [3.8, 4) is 0 Å². The lowest BCUT2D eigenvalue weighted by molar-refractivity contribution is 0.0756. The van der Waals surface area contributed by atoms with Gasteiger partial charge in [-0.05, 0) is 43.6 Å². The molecule has 2 aliphatic carbocycles. The van der Waals surface area contributed by atoms with Gasteiger partial charge < -0.3 is 11.1 Å². The number of amides is 1. The summed E-state index contributed by atoms with van der Waals surface area (Å²) in [4.78, 5) is 12.4. The van der Waals surface area contributed by atoms with Crippen LogP contribution in [-0.4, -0.2) is 26.4 Å². The Morgan fingerprint density at radius 1 is 1.26 bits per heavy atom. The number of hydrogen-bond donors (Lipinski definition) is 3. The van der Waals surface area contributed by atoms with E-state index in [0.717, 1.165) is 37.0 Å². The maximum absolute atomic E-state index is 12.4. The third kappa shape index (κ3) is 4.06. The quantitative estimate of drug-likeness (QED) is 0.737. The second-order valence-corrected chi connectivity index (χ2v) is 9.08. The van der Waals surface area contributed by atoms with Crippen molar-refractivity contribution >= 4 is 39.7 Å². The molecular weight excluding hydrogens is 358 g/mol. The highest BCUT2D eigenvalue weighted by Crippen LogP contribution is 2.39. The molecule has 3 rings (SSSR count). The smallest absolute Gasteiger partial charge is 0.252 e. The monoisotopic (exact) mass is 379 g/mol. The van der Waals surface area contributed by atoms with Gasteiger partial charge in [0.25, 0.3) is 5.91 Å². The van der Waals surface area contributed by atoms with Crippen LogP contribution in [0.5, 0.6) is 0 Å². The number of sulfonamides is 1. The van der Waals surface area contributed by atoms with Crippen LogP contribution in [0.1, 0.15) is 42.5 Å². The number of thiophene rings is 1. The number of primary sulfonamides is 1. The predicted molar refractivity (Wildman–Crippen MR) is 92.2 cm³/mol. The summed E-state index contributed by atoms with van der Waals surface area (Å²) in [6.45, 7) is 0. The standard InChI is InChI=1S/C14H21N3O3S2.ClH/c15-11-4-8-2-1-3-9(5-11)13(8)17-14(18)10-6-12(21-7-10)22(16,19)20;/h6-9,11,13H,1-5,15H2,(H,17,18)(H2,16,19,20);1H. The molecule has 0 aromatic carbocycles. The predicted octanol–water partition coefficient (Wildman–Crippen LogP) is 1.45. The number of rotatable bonds is 3. The fraction of sp³-hybridized carbons (Fsp3) is 0.643. The Labute approximate surface area is 146 Å². The Morgan fingerprint density at radius 3 is 2.39 bits per heavy atom. The molecule has 0 spiro atoms. The molecule has 2 aliphatic rings. The van der Waals surface area contributed by atoms with Crippen molar-refractivity contribution in [3.05, 3.63) is 17.0 Å². The highest BCUT2D eigenvalue weighted by atomic mass is 35.5. The maximum Gasteiger partial charge on any atom is 0.252 e. The molecule has 6 nitrogen and oxygen atoms in total. The summed E-state index contributed by atoms with van der Waals surface area (Å²) >= 11 is 0.975. The van der Waals surface area contributed by atoms with Gasteiger partial charge in [0, 0.05) is 17.5 Å². The maximum atomic E-state index is 12.4. The van der Waals surface area contributed by atoms with E-state index in [-0.39, 0.29) is 34.6 Å². The van der Waals surface area contributed by atoms with Gasteiger partial charge in [0.15, 0.2) is 0 Å². The molecule has 130 valence electrons. The summed E-state index contributed by atoms with van der Waals surface area (Å²) in [5, 5.41) is 9.72.